The third kappa shape index (κ3) is 2.28. The molecule has 2 saturated heterocycles. The van der Waals surface area contributed by atoms with Gasteiger partial charge in [0.25, 0.3) is 0 Å². The van der Waals surface area contributed by atoms with Gasteiger partial charge in [0.1, 0.15) is 5.82 Å². The number of aromatic nitrogens is 1. The second kappa shape index (κ2) is 5.17. The van der Waals surface area contributed by atoms with Gasteiger partial charge in [-0.25, -0.2) is 4.39 Å². The van der Waals surface area contributed by atoms with E-state index in [1.807, 2.05) is 6.07 Å². The number of pyridine rings is 1. The monoisotopic (exact) mass is 263 g/mol. The Morgan fingerprint density at radius 2 is 2.32 bits per heavy atom. The first kappa shape index (κ1) is 13.0. The van der Waals surface area contributed by atoms with Crippen molar-refractivity contribution in [2.45, 2.75) is 32.4 Å². The molecule has 0 aromatic carbocycles. The van der Waals surface area contributed by atoms with Crippen LogP contribution in [0.4, 0.5) is 4.39 Å². The van der Waals surface area contributed by atoms with Gasteiger partial charge in [-0.1, -0.05) is 6.92 Å². The molecule has 0 spiro atoms. The predicted molar refractivity (Wildman–Crippen MR) is 73.2 cm³/mol. The molecular weight excluding hydrogens is 241 g/mol. The summed E-state index contributed by atoms with van der Waals surface area (Å²) in [6.45, 7) is 7.88. The van der Waals surface area contributed by atoms with Gasteiger partial charge in [-0.3, -0.25) is 9.88 Å². The molecule has 3 heterocycles. The molecule has 4 atom stereocenters. The lowest BCUT2D eigenvalue weighted by atomic mass is 9.92. The first-order valence-electron chi connectivity index (χ1n) is 7.28. The summed E-state index contributed by atoms with van der Waals surface area (Å²) >= 11 is 0. The van der Waals surface area contributed by atoms with E-state index >= 15 is 0 Å². The molecule has 0 saturated carbocycles. The average Bonchev–Trinajstić information content (AvgIpc) is 2.98. The quantitative estimate of drug-likeness (QED) is 0.906. The van der Waals surface area contributed by atoms with E-state index < -0.39 is 0 Å². The van der Waals surface area contributed by atoms with Crippen molar-refractivity contribution in [1.29, 1.82) is 0 Å². The van der Waals surface area contributed by atoms with Crippen LogP contribution in [0.5, 0.6) is 0 Å². The van der Waals surface area contributed by atoms with E-state index in [2.05, 4.69) is 29.0 Å². The molecule has 0 radical (unpaired) electrons. The van der Waals surface area contributed by atoms with E-state index in [9.17, 15) is 4.39 Å². The topological polar surface area (TPSA) is 28.2 Å². The Hall–Kier alpha value is -1.00. The van der Waals surface area contributed by atoms with Crippen LogP contribution in [0.15, 0.2) is 18.3 Å². The maximum absolute atomic E-state index is 13.0. The van der Waals surface area contributed by atoms with Crippen LogP contribution in [-0.2, 0) is 0 Å². The molecule has 2 aliphatic rings. The number of hydrogen-bond acceptors (Lipinski definition) is 3. The summed E-state index contributed by atoms with van der Waals surface area (Å²) in [7, 11) is 0. The SMILES string of the molecule is CCC1C2CNCC2CN1C(C)c1ccc(F)cn1. The van der Waals surface area contributed by atoms with Gasteiger partial charge >= 0.3 is 0 Å². The molecule has 2 aliphatic heterocycles. The lowest BCUT2D eigenvalue weighted by Gasteiger charge is -2.32. The van der Waals surface area contributed by atoms with Crippen LogP contribution in [-0.4, -0.2) is 35.6 Å². The highest BCUT2D eigenvalue weighted by Gasteiger charge is 2.44. The molecule has 3 nitrogen and oxygen atoms in total. The standard InChI is InChI=1S/C15H22FN3/c1-3-15-13-8-17-6-11(13)9-19(15)10(2)14-5-4-12(16)7-18-14/h4-5,7,10-11,13,15,17H,3,6,8-9H2,1-2H3. The smallest absolute Gasteiger partial charge is 0.141 e. The van der Waals surface area contributed by atoms with Gasteiger partial charge in [0.15, 0.2) is 0 Å². The minimum Gasteiger partial charge on any atom is -0.316 e. The van der Waals surface area contributed by atoms with Crippen molar-refractivity contribution in [3.05, 3.63) is 29.8 Å². The molecule has 3 rings (SSSR count). The Kier molecular flexibility index (Phi) is 3.54. The van der Waals surface area contributed by atoms with Crippen molar-refractivity contribution >= 4 is 0 Å². The van der Waals surface area contributed by atoms with Gasteiger partial charge < -0.3 is 5.32 Å². The molecule has 1 aromatic heterocycles. The Bertz CT molecular complexity index is 434. The molecular formula is C15H22FN3. The lowest BCUT2D eigenvalue weighted by molar-refractivity contribution is 0.162. The number of likely N-dealkylation sites (tertiary alicyclic amines) is 1. The van der Waals surface area contributed by atoms with Crippen molar-refractivity contribution in [1.82, 2.24) is 15.2 Å². The molecule has 104 valence electrons. The summed E-state index contributed by atoms with van der Waals surface area (Å²) in [6, 6.07) is 4.23. The number of halogens is 1. The first-order valence-corrected chi connectivity index (χ1v) is 7.28. The maximum atomic E-state index is 13.0. The van der Waals surface area contributed by atoms with E-state index in [1.165, 1.54) is 18.7 Å². The van der Waals surface area contributed by atoms with Crippen LogP contribution >= 0.6 is 0 Å². The maximum Gasteiger partial charge on any atom is 0.141 e. The zero-order valence-corrected chi connectivity index (χ0v) is 11.6. The second-order valence-electron chi connectivity index (χ2n) is 5.83. The Balaban J connectivity index is 1.79. The largest absolute Gasteiger partial charge is 0.316 e. The van der Waals surface area contributed by atoms with Crippen molar-refractivity contribution in [3.63, 3.8) is 0 Å². The summed E-state index contributed by atoms with van der Waals surface area (Å²) < 4.78 is 13.0. The van der Waals surface area contributed by atoms with E-state index in [0.29, 0.717) is 6.04 Å². The van der Waals surface area contributed by atoms with Gasteiger partial charge in [-0.15, -0.1) is 0 Å². The van der Waals surface area contributed by atoms with Crippen molar-refractivity contribution in [3.8, 4) is 0 Å². The van der Waals surface area contributed by atoms with Gasteiger partial charge in [0, 0.05) is 18.6 Å². The van der Waals surface area contributed by atoms with Gasteiger partial charge in [0.05, 0.1) is 11.9 Å². The third-order valence-electron chi connectivity index (χ3n) is 4.85. The van der Waals surface area contributed by atoms with E-state index in [1.54, 1.807) is 0 Å². The van der Waals surface area contributed by atoms with Crippen molar-refractivity contribution in [2.24, 2.45) is 11.8 Å². The summed E-state index contributed by atoms with van der Waals surface area (Å²) in [5.41, 5.74) is 0.979. The number of fused-ring (bicyclic) bond motifs is 1. The molecule has 4 unspecified atom stereocenters. The third-order valence-corrected chi connectivity index (χ3v) is 4.85. The lowest BCUT2D eigenvalue weighted by Crippen LogP contribution is -2.37. The second-order valence-corrected chi connectivity index (χ2v) is 5.83. The fourth-order valence-electron chi connectivity index (χ4n) is 3.84. The first-order chi connectivity index (χ1) is 9.20. The number of hydrogen-bond donors (Lipinski definition) is 1. The van der Waals surface area contributed by atoms with Crippen LogP contribution in [0, 0.1) is 17.7 Å². The summed E-state index contributed by atoms with van der Waals surface area (Å²) in [5, 5.41) is 3.50. The highest BCUT2D eigenvalue weighted by Crippen LogP contribution is 2.38. The molecule has 2 fully saturated rings. The van der Waals surface area contributed by atoms with Crippen molar-refractivity contribution in [2.75, 3.05) is 19.6 Å². The summed E-state index contributed by atoms with van der Waals surface area (Å²) in [4.78, 5) is 6.82. The summed E-state index contributed by atoms with van der Waals surface area (Å²) in [6.07, 6.45) is 2.50. The fraction of sp³-hybridized carbons (Fsp3) is 0.667. The van der Waals surface area contributed by atoms with E-state index in [-0.39, 0.29) is 11.9 Å². The minimum atomic E-state index is -0.259. The van der Waals surface area contributed by atoms with Crippen LogP contribution in [0.3, 0.4) is 0 Å². The number of nitrogens with one attached hydrogen (secondary N) is 1. The zero-order valence-electron chi connectivity index (χ0n) is 11.6. The molecule has 0 amide bonds. The molecule has 1 N–H and O–H groups in total. The van der Waals surface area contributed by atoms with E-state index in [0.717, 1.165) is 37.2 Å². The Morgan fingerprint density at radius 1 is 1.47 bits per heavy atom. The molecule has 4 heteroatoms. The van der Waals surface area contributed by atoms with Crippen molar-refractivity contribution < 1.29 is 4.39 Å². The average molecular weight is 263 g/mol. The minimum absolute atomic E-state index is 0.259. The number of nitrogens with zero attached hydrogens (tertiary/aromatic N) is 2. The number of rotatable bonds is 3. The summed E-state index contributed by atoms with van der Waals surface area (Å²) in [5.74, 6) is 1.28. The molecule has 1 aromatic rings. The van der Waals surface area contributed by atoms with Crippen LogP contribution < -0.4 is 5.32 Å². The molecule has 19 heavy (non-hydrogen) atoms. The highest BCUT2D eigenvalue weighted by molar-refractivity contribution is 5.12. The Morgan fingerprint density at radius 3 is 3.00 bits per heavy atom. The Labute approximate surface area is 114 Å². The van der Waals surface area contributed by atoms with Gasteiger partial charge in [0.2, 0.25) is 0 Å². The normalized spacial score (nSPS) is 32.5. The van der Waals surface area contributed by atoms with Gasteiger partial charge in [-0.2, -0.15) is 0 Å². The fourth-order valence-corrected chi connectivity index (χ4v) is 3.84. The van der Waals surface area contributed by atoms with Crippen LogP contribution in [0.25, 0.3) is 0 Å². The molecule has 0 bridgehead atoms. The van der Waals surface area contributed by atoms with Crippen LogP contribution in [0.1, 0.15) is 32.0 Å². The van der Waals surface area contributed by atoms with E-state index in [4.69, 9.17) is 0 Å². The molecule has 0 aliphatic carbocycles. The van der Waals surface area contributed by atoms with Crippen LogP contribution in [0.2, 0.25) is 0 Å². The highest BCUT2D eigenvalue weighted by atomic mass is 19.1. The predicted octanol–water partition coefficient (Wildman–Crippen LogP) is 2.21. The zero-order chi connectivity index (χ0) is 13.4. The van der Waals surface area contributed by atoms with Gasteiger partial charge in [-0.05, 0) is 50.4 Å².